The number of nitrogen functional groups attached to an aromatic ring is 1. The summed E-state index contributed by atoms with van der Waals surface area (Å²) in [6, 6.07) is 0.357. The zero-order chi connectivity index (χ0) is 16.4. The van der Waals surface area contributed by atoms with Crippen LogP contribution >= 0.6 is 0 Å². The largest absolute Gasteiger partial charge is 0.368 e. The molecule has 2 fully saturated rings. The van der Waals surface area contributed by atoms with Gasteiger partial charge in [-0.15, -0.1) is 0 Å². The van der Waals surface area contributed by atoms with Gasteiger partial charge in [-0.05, 0) is 19.8 Å². The van der Waals surface area contributed by atoms with Gasteiger partial charge >= 0.3 is 0 Å². The first kappa shape index (κ1) is 15.7. The van der Waals surface area contributed by atoms with Crippen LogP contribution in [0.25, 0.3) is 0 Å². The molecule has 0 radical (unpaired) electrons. The third kappa shape index (κ3) is 3.28. The first-order chi connectivity index (χ1) is 11.1. The molecule has 0 aromatic carbocycles. The zero-order valence-corrected chi connectivity index (χ0v) is 13.5. The summed E-state index contributed by atoms with van der Waals surface area (Å²) >= 11 is 0. The smallest absolute Gasteiger partial charge is 0.257 e. The van der Waals surface area contributed by atoms with Gasteiger partial charge < -0.3 is 15.5 Å². The molecule has 1 saturated carbocycles. The van der Waals surface area contributed by atoms with Crippen molar-refractivity contribution < 1.29 is 9.59 Å². The van der Waals surface area contributed by atoms with Crippen molar-refractivity contribution in [3.8, 4) is 0 Å². The van der Waals surface area contributed by atoms with Gasteiger partial charge in [0.1, 0.15) is 6.54 Å². The number of hydrogen-bond donors (Lipinski definition) is 1. The molecule has 7 heteroatoms. The summed E-state index contributed by atoms with van der Waals surface area (Å²) in [6.07, 6.45) is 7.27. The highest BCUT2D eigenvalue weighted by Gasteiger charge is 2.33. The molecule has 7 nitrogen and oxygen atoms in total. The zero-order valence-electron chi connectivity index (χ0n) is 13.5. The van der Waals surface area contributed by atoms with Gasteiger partial charge in [0.2, 0.25) is 11.9 Å². The van der Waals surface area contributed by atoms with E-state index in [1.54, 1.807) is 11.8 Å². The molecule has 2 aliphatic rings. The number of anilines is 1. The molecule has 1 aromatic rings. The number of nitrogens with zero attached hydrogens (tertiary/aromatic N) is 4. The molecule has 0 bridgehead atoms. The minimum atomic E-state index is -0.195. The standard InChI is InChI=1S/C16H23N5O2/c1-11-13(9-18-16(17)19-11)15(23)20-7-8-21(14(22)10-20)12-5-3-2-4-6-12/h9,12H,2-8,10H2,1H3,(H2,17,18,19). The first-order valence-corrected chi connectivity index (χ1v) is 8.24. The van der Waals surface area contributed by atoms with Gasteiger partial charge in [0.25, 0.3) is 5.91 Å². The highest BCUT2D eigenvalue weighted by Crippen LogP contribution is 2.24. The maximum absolute atomic E-state index is 12.6. The molecule has 2 N–H and O–H groups in total. The number of carbonyl (C=O) groups is 2. The van der Waals surface area contributed by atoms with Crippen molar-refractivity contribution in [2.45, 2.75) is 45.1 Å². The lowest BCUT2D eigenvalue weighted by atomic mass is 9.93. The van der Waals surface area contributed by atoms with E-state index in [4.69, 9.17) is 5.73 Å². The van der Waals surface area contributed by atoms with E-state index in [1.165, 1.54) is 25.5 Å². The van der Waals surface area contributed by atoms with E-state index >= 15 is 0 Å². The van der Waals surface area contributed by atoms with Crippen LogP contribution in [0.3, 0.4) is 0 Å². The van der Waals surface area contributed by atoms with Crippen molar-refractivity contribution >= 4 is 17.8 Å². The van der Waals surface area contributed by atoms with E-state index in [-0.39, 0.29) is 24.3 Å². The van der Waals surface area contributed by atoms with Gasteiger partial charge in [-0.25, -0.2) is 9.97 Å². The average Bonchev–Trinajstić information content (AvgIpc) is 2.55. The fourth-order valence-corrected chi connectivity index (χ4v) is 3.50. The van der Waals surface area contributed by atoms with E-state index in [0.29, 0.717) is 30.4 Å². The van der Waals surface area contributed by atoms with E-state index in [0.717, 1.165) is 12.8 Å². The maximum Gasteiger partial charge on any atom is 0.257 e. The number of piperazine rings is 1. The summed E-state index contributed by atoms with van der Waals surface area (Å²) in [5, 5.41) is 0. The predicted octanol–water partition coefficient (Wildman–Crippen LogP) is 0.984. The van der Waals surface area contributed by atoms with Crippen LogP contribution in [0.2, 0.25) is 0 Å². The van der Waals surface area contributed by atoms with Gasteiger partial charge in [-0.3, -0.25) is 9.59 Å². The van der Waals surface area contributed by atoms with Crippen molar-refractivity contribution in [1.29, 1.82) is 0 Å². The Balaban J connectivity index is 1.67. The molecule has 0 unspecified atom stereocenters. The Labute approximate surface area is 135 Å². The summed E-state index contributed by atoms with van der Waals surface area (Å²) in [7, 11) is 0. The van der Waals surface area contributed by atoms with E-state index in [9.17, 15) is 9.59 Å². The average molecular weight is 317 g/mol. The fourth-order valence-electron chi connectivity index (χ4n) is 3.50. The van der Waals surface area contributed by atoms with Crippen LogP contribution in [-0.2, 0) is 4.79 Å². The van der Waals surface area contributed by atoms with E-state index < -0.39 is 0 Å². The second-order valence-electron chi connectivity index (χ2n) is 6.33. The number of aromatic nitrogens is 2. The minimum absolute atomic E-state index is 0.0468. The van der Waals surface area contributed by atoms with Gasteiger partial charge in [-0.1, -0.05) is 19.3 Å². The molecule has 1 aromatic heterocycles. The number of amides is 2. The van der Waals surface area contributed by atoms with Crippen LogP contribution < -0.4 is 5.73 Å². The highest BCUT2D eigenvalue weighted by atomic mass is 16.2. The number of hydrogen-bond acceptors (Lipinski definition) is 5. The van der Waals surface area contributed by atoms with Gasteiger partial charge in [0, 0.05) is 25.3 Å². The molecular weight excluding hydrogens is 294 g/mol. The summed E-state index contributed by atoms with van der Waals surface area (Å²) in [5.41, 5.74) is 6.48. The van der Waals surface area contributed by atoms with Crippen LogP contribution in [0, 0.1) is 6.92 Å². The number of aryl methyl sites for hydroxylation is 1. The fraction of sp³-hybridized carbons (Fsp3) is 0.625. The van der Waals surface area contributed by atoms with Crippen LogP contribution in [-0.4, -0.2) is 57.3 Å². The Morgan fingerprint density at radius 3 is 2.65 bits per heavy atom. The lowest BCUT2D eigenvalue weighted by molar-refractivity contribution is -0.138. The number of carbonyl (C=O) groups excluding carboxylic acids is 2. The molecule has 1 saturated heterocycles. The van der Waals surface area contributed by atoms with Gasteiger partial charge in [0.05, 0.1) is 11.3 Å². The van der Waals surface area contributed by atoms with Crippen molar-refractivity contribution in [2.24, 2.45) is 0 Å². The Morgan fingerprint density at radius 1 is 1.26 bits per heavy atom. The van der Waals surface area contributed by atoms with E-state index in [2.05, 4.69) is 9.97 Å². The van der Waals surface area contributed by atoms with Crippen LogP contribution in [0.4, 0.5) is 5.95 Å². The number of nitrogens with two attached hydrogens (primary N) is 1. The highest BCUT2D eigenvalue weighted by molar-refractivity contribution is 5.97. The van der Waals surface area contributed by atoms with Crippen molar-refractivity contribution in [3.63, 3.8) is 0 Å². The van der Waals surface area contributed by atoms with Crippen molar-refractivity contribution in [1.82, 2.24) is 19.8 Å². The lowest BCUT2D eigenvalue weighted by Gasteiger charge is -2.40. The van der Waals surface area contributed by atoms with Crippen LogP contribution in [0.1, 0.15) is 48.2 Å². The molecule has 0 atom stereocenters. The molecule has 0 spiro atoms. The Bertz CT molecular complexity index is 612. The molecule has 2 heterocycles. The SMILES string of the molecule is Cc1nc(N)ncc1C(=O)N1CCN(C2CCCCC2)C(=O)C1. The second-order valence-corrected chi connectivity index (χ2v) is 6.33. The quantitative estimate of drug-likeness (QED) is 0.878. The third-order valence-corrected chi connectivity index (χ3v) is 4.79. The van der Waals surface area contributed by atoms with Gasteiger partial charge in [0.15, 0.2) is 0 Å². The molecule has 23 heavy (non-hydrogen) atoms. The Kier molecular flexibility index (Phi) is 4.45. The molecule has 124 valence electrons. The Morgan fingerprint density at radius 2 is 2.00 bits per heavy atom. The Hall–Kier alpha value is -2.18. The molecule has 1 aliphatic carbocycles. The molecule has 3 rings (SSSR count). The minimum Gasteiger partial charge on any atom is -0.368 e. The molecular formula is C16H23N5O2. The molecule has 1 aliphatic heterocycles. The normalized spacial score (nSPS) is 20.0. The third-order valence-electron chi connectivity index (χ3n) is 4.79. The summed E-state index contributed by atoms with van der Waals surface area (Å²) in [4.78, 5) is 36.5. The maximum atomic E-state index is 12.6. The van der Waals surface area contributed by atoms with Crippen molar-refractivity contribution in [3.05, 3.63) is 17.5 Å². The molecule has 2 amide bonds. The summed E-state index contributed by atoms with van der Waals surface area (Å²) < 4.78 is 0. The second kappa shape index (κ2) is 6.52. The first-order valence-electron chi connectivity index (χ1n) is 8.24. The number of rotatable bonds is 2. The van der Waals surface area contributed by atoms with E-state index in [1.807, 2.05) is 4.90 Å². The van der Waals surface area contributed by atoms with Crippen LogP contribution in [0.5, 0.6) is 0 Å². The van der Waals surface area contributed by atoms with Gasteiger partial charge in [-0.2, -0.15) is 0 Å². The summed E-state index contributed by atoms with van der Waals surface area (Å²) in [5.74, 6) is 0.00176. The van der Waals surface area contributed by atoms with Crippen molar-refractivity contribution in [2.75, 3.05) is 25.4 Å². The van der Waals surface area contributed by atoms with Crippen LogP contribution in [0.15, 0.2) is 6.20 Å². The summed E-state index contributed by atoms with van der Waals surface area (Å²) in [6.45, 7) is 3.04. The lowest BCUT2D eigenvalue weighted by Crippen LogP contribution is -2.55. The predicted molar refractivity (Wildman–Crippen MR) is 85.7 cm³/mol. The monoisotopic (exact) mass is 317 g/mol. The topological polar surface area (TPSA) is 92.4 Å².